The third-order valence-electron chi connectivity index (χ3n) is 4.55. The van der Waals surface area contributed by atoms with Crippen molar-refractivity contribution in [1.82, 2.24) is 5.32 Å². The van der Waals surface area contributed by atoms with Crippen LogP contribution in [-0.2, 0) is 21.2 Å². The van der Waals surface area contributed by atoms with Crippen molar-refractivity contribution in [2.45, 2.75) is 25.9 Å². The molecule has 1 saturated heterocycles. The van der Waals surface area contributed by atoms with Gasteiger partial charge >= 0.3 is 0 Å². The maximum atomic E-state index is 12.5. The van der Waals surface area contributed by atoms with E-state index in [1.807, 2.05) is 66.4 Å². The summed E-state index contributed by atoms with van der Waals surface area (Å²) in [5, 5.41) is 2.87. The molecule has 1 unspecified atom stereocenters. The van der Waals surface area contributed by atoms with E-state index in [-0.39, 0.29) is 30.0 Å². The summed E-state index contributed by atoms with van der Waals surface area (Å²) in [4.78, 5) is 14.5. The zero-order valence-electron chi connectivity index (χ0n) is 14.9. The monoisotopic (exact) mass is 372 g/mol. The molecule has 1 amide bonds. The van der Waals surface area contributed by atoms with Gasteiger partial charge in [-0.2, -0.15) is 0 Å². The number of hydrogen-bond donors (Lipinski definition) is 1. The van der Waals surface area contributed by atoms with Crippen LogP contribution in [0.5, 0.6) is 0 Å². The molecule has 1 atom stereocenters. The second-order valence-corrected chi connectivity index (χ2v) is 9.07. The quantitative estimate of drug-likeness (QED) is 0.845. The van der Waals surface area contributed by atoms with Gasteiger partial charge in [0, 0.05) is 18.3 Å². The van der Waals surface area contributed by atoms with Crippen molar-refractivity contribution in [1.29, 1.82) is 0 Å². The zero-order valence-corrected chi connectivity index (χ0v) is 15.7. The van der Waals surface area contributed by atoms with Gasteiger partial charge in [0.1, 0.15) is 0 Å². The van der Waals surface area contributed by atoms with E-state index in [0.717, 1.165) is 16.8 Å². The number of rotatable bonds is 6. The number of carbonyl (C=O) groups excluding carboxylic acids is 1. The van der Waals surface area contributed by atoms with Crippen molar-refractivity contribution in [3.8, 4) is 0 Å². The highest BCUT2D eigenvalue weighted by Gasteiger charge is 2.29. The van der Waals surface area contributed by atoms with Gasteiger partial charge in [0.05, 0.1) is 18.1 Å². The van der Waals surface area contributed by atoms with Crippen LogP contribution >= 0.6 is 0 Å². The Morgan fingerprint density at radius 3 is 2.42 bits per heavy atom. The highest BCUT2D eigenvalue weighted by atomic mass is 32.2. The van der Waals surface area contributed by atoms with Gasteiger partial charge in [-0.3, -0.25) is 4.79 Å². The molecule has 0 spiro atoms. The van der Waals surface area contributed by atoms with Crippen LogP contribution in [-0.4, -0.2) is 38.4 Å². The fraction of sp³-hybridized carbons (Fsp3) is 0.350. The molecule has 0 radical (unpaired) electrons. The summed E-state index contributed by atoms with van der Waals surface area (Å²) in [6, 6.07) is 17.8. The molecule has 1 aliphatic rings. The first-order valence-electron chi connectivity index (χ1n) is 8.77. The lowest BCUT2D eigenvalue weighted by molar-refractivity contribution is -0.120. The van der Waals surface area contributed by atoms with Gasteiger partial charge in [-0.1, -0.05) is 48.0 Å². The minimum atomic E-state index is -3.00. The van der Waals surface area contributed by atoms with Crippen molar-refractivity contribution in [3.63, 3.8) is 0 Å². The fourth-order valence-electron chi connectivity index (χ4n) is 3.15. The van der Waals surface area contributed by atoms with Crippen LogP contribution in [0.15, 0.2) is 54.6 Å². The van der Waals surface area contributed by atoms with Crippen molar-refractivity contribution in [2.75, 3.05) is 23.0 Å². The first kappa shape index (κ1) is 18.5. The summed E-state index contributed by atoms with van der Waals surface area (Å²) in [7, 11) is -3.00. The number of benzene rings is 2. The van der Waals surface area contributed by atoms with Gasteiger partial charge < -0.3 is 10.2 Å². The Hall–Kier alpha value is -2.34. The molecule has 2 aromatic rings. The Morgan fingerprint density at radius 2 is 1.81 bits per heavy atom. The van der Waals surface area contributed by atoms with Gasteiger partial charge in [-0.05, 0) is 31.0 Å². The highest BCUT2D eigenvalue weighted by Crippen LogP contribution is 2.18. The summed E-state index contributed by atoms with van der Waals surface area (Å²) >= 11 is 0. The lowest BCUT2D eigenvalue weighted by Crippen LogP contribution is -2.42. The molecule has 2 aromatic carbocycles. The van der Waals surface area contributed by atoms with Crippen LogP contribution < -0.4 is 10.2 Å². The smallest absolute Gasteiger partial charge is 0.239 e. The molecule has 3 rings (SSSR count). The minimum absolute atomic E-state index is 0.0436. The lowest BCUT2D eigenvalue weighted by atomic mass is 10.1. The van der Waals surface area contributed by atoms with E-state index in [1.54, 1.807) is 0 Å². The molecular weight excluding hydrogens is 348 g/mol. The van der Waals surface area contributed by atoms with Crippen molar-refractivity contribution in [2.24, 2.45) is 0 Å². The Balaban J connectivity index is 1.70. The van der Waals surface area contributed by atoms with E-state index in [2.05, 4.69) is 5.32 Å². The summed E-state index contributed by atoms with van der Waals surface area (Å²) in [6.07, 6.45) is 0.497. The Morgan fingerprint density at radius 1 is 1.12 bits per heavy atom. The Labute approximate surface area is 154 Å². The summed E-state index contributed by atoms with van der Waals surface area (Å²) in [6.45, 7) is 2.83. The SMILES string of the molecule is Cc1ccc(N(CC(=O)NC2CCS(=O)(=O)C2)Cc2ccccc2)cc1. The molecular formula is C20H24N2O3S. The van der Waals surface area contributed by atoms with Gasteiger partial charge in [-0.15, -0.1) is 0 Å². The average molecular weight is 372 g/mol. The maximum Gasteiger partial charge on any atom is 0.239 e. The number of aryl methyl sites for hydroxylation is 1. The summed E-state index contributed by atoms with van der Waals surface area (Å²) < 4.78 is 23.2. The maximum absolute atomic E-state index is 12.5. The average Bonchev–Trinajstić information content (AvgIpc) is 2.94. The Bertz CT molecular complexity index is 848. The molecule has 5 nitrogen and oxygen atoms in total. The first-order valence-corrected chi connectivity index (χ1v) is 10.6. The molecule has 26 heavy (non-hydrogen) atoms. The van der Waals surface area contributed by atoms with E-state index in [1.165, 1.54) is 0 Å². The zero-order chi connectivity index (χ0) is 18.6. The Kier molecular flexibility index (Phi) is 5.61. The summed E-state index contributed by atoms with van der Waals surface area (Å²) in [5.74, 6) is 0.0506. The van der Waals surface area contributed by atoms with E-state index >= 15 is 0 Å². The number of sulfone groups is 1. The molecule has 1 heterocycles. The molecule has 0 saturated carbocycles. The van der Waals surface area contributed by atoms with Crippen LogP contribution in [0.1, 0.15) is 17.5 Å². The number of hydrogen-bond acceptors (Lipinski definition) is 4. The predicted octanol–water partition coefficient (Wildman–Crippen LogP) is 2.30. The number of nitrogens with one attached hydrogen (secondary N) is 1. The lowest BCUT2D eigenvalue weighted by Gasteiger charge is -2.25. The van der Waals surface area contributed by atoms with Crippen LogP contribution in [0.4, 0.5) is 5.69 Å². The standard InChI is InChI=1S/C20H24N2O3S/c1-16-7-9-19(10-8-16)22(13-17-5-3-2-4-6-17)14-20(23)21-18-11-12-26(24,25)15-18/h2-10,18H,11-15H2,1H3,(H,21,23). The molecule has 1 N–H and O–H groups in total. The van der Waals surface area contributed by atoms with Gasteiger partial charge in [0.15, 0.2) is 9.84 Å². The predicted molar refractivity (Wildman–Crippen MR) is 104 cm³/mol. The van der Waals surface area contributed by atoms with E-state index in [9.17, 15) is 13.2 Å². The molecule has 1 aliphatic heterocycles. The second kappa shape index (κ2) is 7.91. The van der Waals surface area contributed by atoms with Crippen molar-refractivity contribution in [3.05, 3.63) is 65.7 Å². The van der Waals surface area contributed by atoms with Crippen molar-refractivity contribution >= 4 is 21.4 Å². The summed E-state index contributed by atoms with van der Waals surface area (Å²) in [5.41, 5.74) is 3.24. The number of nitrogens with zero attached hydrogens (tertiary/aromatic N) is 1. The van der Waals surface area contributed by atoms with Crippen LogP contribution in [0.3, 0.4) is 0 Å². The van der Waals surface area contributed by atoms with Crippen molar-refractivity contribution < 1.29 is 13.2 Å². The highest BCUT2D eigenvalue weighted by molar-refractivity contribution is 7.91. The van der Waals surface area contributed by atoms with E-state index < -0.39 is 9.84 Å². The molecule has 1 fully saturated rings. The molecule has 0 bridgehead atoms. The van der Waals surface area contributed by atoms with Gasteiger partial charge in [-0.25, -0.2) is 8.42 Å². The molecule has 0 aliphatic carbocycles. The minimum Gasteiger partial charge on any atom is -0.358 e. The fourth-order valence-corrected chi connectivity index (χ4v) is 4.83. The number of carbonyl (C=O) groups is 1. The third-order valence-corrected chi connectivity index (χ3v) is 6.32. The normalized spacial score (nSPS) is 18.4. The first-order chi connectivity index (χ1) is 12.4. The number of amides is 1. The molecule has 6 heteroatoms. The second-order valence-electron chi connectivity index (χ2n) is 6.84. The third kappa shape index (κ3) is 5.08. The topological polar surface area (TPSA) is 66.5 Å². The van der Waals surface area contributed by atoms with Crippen LogP contribution in [0, 0.1) is 6.92 Å². The van der Waals surface area contributed by atoms with Crippen LogP contribution in [0.25, 0.3) is 0 Å². The molecule has 138 valence electrons. The number of anilines is 1. The largest absolute Gasteiger partial charge is 0.358 e. The molecule has 0 aromatic heterocycles. The van der Waals surface area contributed by atoms with Gasteiger partial charge in [0.25, 0.3) is 0 Å². The van der Waals surface area contributed by atoms with Gasteiger partial charge in [0.2, 0.25) is 5.91 Å². The van der Waals surface area contributed by atoms with Crippen LogP contribution in [0.2, 0.25) is 0 Å². The van der Waals surface area contributed by atoms with E-state index in [0.29, 0.717) is 13.0 Å². The van der Waals surface area contributed by atoms with E-state index in [4.69, 9.17) is 0 Å².